The van der Waals surface area contributed by atoms with Gasteiger partial charge in [-0.25, -0.2) is 0 Å². The number of halogens is 1. The van der Waals surface area contributed by atoms with E-state index in [2.05, 4.69) is 32.7 Å². The van der Waals surface area contributed by atoms with Crippen LogP contribution in [0.4, 0.5) is 0 Å². The summed E-state index contributed by atoms with van der Waals surface area (Å²) in [6.45, 7) is 3.87. The molecule has 4 aromatic carbocycles. The Morgan fingerprint density at radius 1 is 0.706 bits per heavy atom. The minimum Gasteiger partial charge on any atom is -0.537 e. The molecule has 0 saturated carbocycles. The van der Waals surface area contributed by atoms with E-state index >= 15 is 0 Å². The number of para-hydroxylation sites is 1. The molecule has 0 atom stereocenters. The van der Waals surface area contributed by atoms with E-state index in [1.807, 2.05) is 80.6 Å². The molecule has 4 aromatic rings. The Bertz CT molecular complexity index is 1180. The highest BCUT2D eigenvalue weighted by molar-refractivity contribution is 9.10. The van der Waals surface area contributed by atoms with E-state index in [4.69, 9.17) is 5.02 Å². The molecule has 6 heteroatoms. The van der Waals surface area contributed by atoms with Crippen molar-refractivity contribution in [2.75, 3.05) is 0 Å². The molecule has 0 fully saturated rings. The Labute approximate surface area is 209 Å². The summed E-state index contributed by atoms with van der Waals surface area (Å²) in [5.41, 5.74) is 5.87. The van der Waals surface area contributed by atoms with Gasteiger partial charge < -0.3 is 9.68 Å². The molecule has 0 aromatic heterocycles. The molecular weight excluding hydrogens is 491 g/mol. The van der Waals surface area contributed by atoms with Crippen LogP contribution in [0.1, 0.15) is 31.8 Å². The lowest BCUT2D eigenvalue weighted by Crippen LogP contribution is -1.98. The van der Waals surface area contributed by atoms with E-state index in [-0.39, 0.29) is 0 Å². The number of aryl methyl sites for hydroxylation is 2. The molecule has 0 amide bonds. The van der Waals surface area contributed by atoms with E-state index < -0.39 is 0 Å². The third-order valence-electron chi connectivity index (χ3n) is 4.79. The standard InChI is InChI=1S/C14H12O.C8H7BrO.C6H6BO2/c1-11-9-13(7-8-14(11)10-15)12-5-3-2-4-6-12;1-6-4-8(9)3-2-7(6)5-10;8-7-9-6-4-2-1-3-5-6/h2-10H,1H3;2-5H,1H3;1-5,8H. The quantitative estimate of drug-likeness (QED) is 0.239. The van der Waals surface area contributed by atoms with E-state index in [1.54, 1.807) is 18.2 Å². The number of aldehydes is 2. The van der Waals surface area contributed by atoms with Gasteiger partial charge in [0, 0.05) is 15.6 Å². The van der Waals surface area contributed by atoms with Gasteiger partial charge in [0.25, 0.3) is 0 Å². The summed E-state index contributed by atoms with van der Waals surface area (Å²) >= 11 is 3.31. The van der Waals surface area contributed by atoms with Gasteiger partial charge in [-0.15, -0.1) is 0 Å². The summed E-state index contributed by atoms with van der Waals surface area (Å²) in [4.78, 5) is 21.0. The zero-order valence-corrected chi connectivity index (χ0v) is 20.6. The maximum absolute atomic E-state index is 10.7. The SMILES string of the molecule is Cc1cc(-c2ccccc2)ccc1C=O.Cc1cc(Br)ccc1C=O.O[B]Oc1ccccc1. The number of hydrogen-bond acceptors (Lipinski definition) is 4. The molecule has 4 rings (SSSR count). The third kappa shape index (κ3) is 8.81. The Balaban J connectivity index is 0.000000189. The molecular formula is C28H25BBrO4. The van der Waals surface area contributed by atoms with Crippen molar-refractivity contribution in [2.24, 2.45) is 0 Å². The van der Waals surface area contributed by atoms with Crippen molar-refractivity contribution in [3.63, 3.8) is 0 Å². The maximum atomic E-state index is 10.7. The molecule has 0 unspecified atom stereocenters. The molecule has 1 N–H and O–H groups in total. The summed E-state index contributed by atoms with van der Waals surface area (Å²) in [7, 11) is 0.662. The number of benzene rings is 4. The van der Waals surface area contributed by atoms with Crippen molar-refractivity contribution >= 4 is 36.2 Å². The third-order valence-corrected chi connectivity index (χ3v) is 5.29. The predicted octanol–water partition coefficient (Wildman–Crippen LogP) is 6.64. The average Bonchev–Trinajstić information content (AvgIpc) is 2.86. The minimum atomic E-state index is 0.639. The molecule has 0 bridgehead atoms. The van der Waals surface area contributed by atoms with E-state index in [0.717, 1.165) is 44.9 Å². The number of carbonyl (C=O) groups is 2. The van der Waals surface area contributed by atoms with Crippen LogP contribution in [-0.2, 0) is 0 Å². The summed E-state index contributed by atoms with van der Waals surface area (Å²) in [5.74, 6) is 0.639. The first-order chi connectivity index (χ1) is 16.5. The topological polar surface area (TPSA) is 63.6 Å². The van der Waals surface area contributed by atoms with Gasteiger partial charge >= 0.3 is 7.69 Å². The molecule has 0 aliphatic rings. The van der Waals surface area contributed by atoms with Gasteiger partial charge in [0.15, 0.2) is 0 Å². The monoisotopic (exact) mass is 515 g/mol. The number of hydrogen-bond donors (Lipinski definition) is 1. The van der Waals surface area contributed by atoms with Gasteiger partial charge in [-0.2, -0.15) is 0 Å². The van der Waals surface area contributed by atoms with Crippen molar-refractivity contribution in [1.29, 1.82) is 0 Å². The van der Waals surface area contributed by atoms with Crippen LogP contribution in [0.5, 0.6) is 5.75 Å². The van der Waals surface area contributed by atoms with Gasteiger partial charge in [0.05, 0.1) is 5.75 Å². The smallest absolute Gasteiger partial charge is 0.537 e. The van der Waals surface area contributed by atoms with Gasteiger partial charge in [-0.05, 0) is 60.4 Å². The fourth-order valence-corrected chi connectivity index (χ4v) is 3.42. The lowest BCUT2D eigenvalue weighted by molar-refractivity contribution is 0.111. The molecule has 0 heterocycles. The first-order valence-corrected chi connectivity index (χ1v) is 11.3. The summed E-state index contributed by atoms with van der Waals surface area (Å²) in [6, 6.07) is 30.7. The lowest BCUT2D eigenvalue weighted by Gasteiger charge is -2.04. The van der Waals surface area contributed by atoms with Crippen molar-refractivity contribution in [3.8, 4) is 16.9 Å². The van der Waals surface area contributed by atoms with E-state index in [1.165, 1.54) is 5.56 Å². The second-order valence-electron chi connectivity index (χ2n) is 7.21. The van der Waals surface area contributed by atoms with E-state index in [0.29, 0.717) is 13.4 Å². The first kappa shape index (κ1) is 26.8. The van der Waals surface area contributed by atoms with Gasteiger partial charge in [0.1, 0.15) is 12.6 Å². The first-order valence-electron chi connectivity index (χ1n) is 10.5. The predicted molar refractivity (Wildman–Crippen MR) is 141 cm³/mol. The van der Waals surface area contributed by atoms with Crippen LogP contribution in [0, 0.1) is 13.8 Å². The second kappa shape index (κ2) is 14.6. The van der Waals surface area contributed by atoms with Crippen molar-refractivity contribution in [2.45, 2.75) is 13.8 Å². The summed E-state index contributed by atoms with van der Waals surface area (Å²) in [5, 5.41) is 8.17. The Morgan fingerprint density at radius 2 is 1.24 bits per heavy atom. The van der Waals surface area contributed by atoms with Crippen molar-refractivity contribution in [1.82, 2.24) is 0 Å². The van der Waals surface area contributed by atoms with Crippen LogP contribution < -0.4 is 4.65 Å². The number of carbonyl (C=O) groups excluding carboxylic acids is 2. The van der Waals surface area contributed by atoms with Crippen LogP contribution in [0.25, 0.3) is 11.1 Å². The molecule has 0 saturated heterocycles. The maximum Gasteiger partial charge on any atom is 0.569 e. The highest BCUT2D eigenvalue weighted by Crippen LogP contribution is 2.21. The van der Waals surface area contributed by atoms with Crippen LogP contribution in [0.3, 0.4) is 0 Å². The Morgan fingerprint density at radius 3 is 1.74 bits per heavy atom. The fraction of sp³-hybridized carbons (Fsp3) is 0.0714. The molecule has 1 radical (unpaired) electrons. The fourth-order valence-electron chi connectivity index (χ4n) is 2.95. The van der Waals surface area contributed by atoms with Crippen LogP contribution in [0.15, 0.2) is 102 Å². The summed E-state index contributed by atoms with van der Waals surface area (Å²) < 4.78 is 5.65. The Hall–Kier alpha value is -3.48. The summed E-state index contributed by atoms with van der Waals surface area (Å²) in [6.07, 6.45) is 1.76. The molecule has 0 spiro atoms. The molecule has 0 aliphatic carbocycles. The highest BCUT2D eigenvalue weighted by Gasteiger charge is 2.00. The zero-order chi connectivity index (χ0) is 24.8. The minimum absolute atomic E-state index is 0.639. The van der Waals surface area contributed by atoms with Crippen LogP contribution in [0.2, 0.25) is 0 Å². The number of rotatable bonds is 5. The normalized spacial score (nSPS) is 9.41. The average molecular weight is 516 g/mol. The van der Waals surface area contributed by atoms with E-state index in [9.17, 15) is 9.59 Å². The zero-order valence-electron chi connectivity index (χ0n) is 19.0. The lowest BCUT2D eigenvalue weighted by atomic mass is 10.0. The second-order valence-corrected chi connectivity index (χ2v) is 8.13. The molecule has 171 valence electrons. The molecule has 4 nitrogen and oxygen atoms in total. The molecule has 0 aliphatic heterocycles. The molecule has 34 heavy (non-hydrogen) atoms. The van der Waals surface area contributed by atoms with Crippen LogP contribution in [-0.4, -0.2) is 25.3 Å². The van der Waals surface area contributed by atoms with Crippen molar-refractivity contribution in [3.05, 3.63) is 124 Å². The van der Waals surface area contributed by atoms with Crippen LogP contribution >= 0.6 is 15.9 Å². The van der Waals surface area contributed by atoms with Gasteiger partial charge in [0.2, 0.25) is 0 Å². The largest absolute Gasteiger partial charge is 0.569 e. The van der Waals surface area contributed by atoms with Gasteiger partial charge in [-0.3, -0.25) is 9.59 Å². The van der Waals surface area contributed by atoms with Crippen molar-refractivity contribution < 1.29 is 19.3 Å². The van der Waals surface area contributed by atoms with Gasteiger partial charge in [-0.1, -0.05) is 88.7 Å². The highest BCUT2D eigenvalue weighted by atomic mass is 79.9. The Kier molecular flexibility index (Phi) is 11.5.